The molecule has 0 bridgehead atoms. The summed E-state index contributed by atoms with van der Waals surface area (Å²) in [4.78, 5) is 32.7. The van der Waals surface area contributed by atoms with Gasteiger partial charge in [0.1, 0.15) is 5.75 Å². The van der Waals surface area contributed by atoms with Gasteiger partial charge < -0.3 is 15.0 Å². The van der Waals surface area contributed by atoms with Crippen molar-refractivity contribution in [1.82, 2.24) is 25.3 Å². The number of nitrogens with one attached hydrogen (secondary N) is 3. The van der Waals surface area contributed by atoms with Crippen LogP contribution in [0.3, 0.4) is 0 Å². The smallest absolute Gasteiger partial charge is 0.438 e. The second-order valence-electron chi connectivity index (χ2n) is 9.73. The van der Waals surface area contributed by atoms with E-state index in [-0.39, 0.29) is 24.0 Å². The predicted octanol–water partition coefficient (Wildman–Crippen LogP) is 5.39. The largest absolute Gasteiger partial charge is 0.493 e. The molecule has 1 fully saturated rings. The topological polar surface area (TPSA) is 116 Å². The van der Waals surface area contributed by atoms with Crippen LogP contribution in [0.15, 0.2) is 45.7 Å². The van der Waals surface area contributed by atoms with E-state index >= 15 is 0 Å². The van der Waals surface area contributed by atoms with Crippen LogP contribution in [-0.4, -0.2) is 50.7 Å². The SMILES string of the molecule is CCOc1cc(C(=O)NC2C[C@@H](C)N(Cc3noc(=O)[nH]3)[C@@H](C)C2)ccc1-c1cc2cc(Cl)c(Cl)cc2[nH]1. The zero-order valence-corrected chi connectivity index (χ0v) is 22.8. The number of carbonyl (C=O) groups excluding carboxylic acids is 1. The minimum absolute atomic E-state index is 0.0125. The molecular formula is C27H29Cl2N5O4. The lowest BCUT2D eigenvalue weighted by Gasteiger charge is -2.42. The van der Waals surface area contributed by atoms with E-state index < -0.39 is 5.76 Å². The summed E-state index contributed by atoms with van der Waals surface area (Å²) in [5.41, 5.74) is 3.08. The average molecular weight is 558 g/mol. The van der Waals surface area contributed by atoms with Gasteiger partial charge >= 0.3 is 5.76 Å². The lowest BCUT2D eigenvalue weighted by Crippen LogP contribution is -2.52. The molecule has 2 aromatic heterocycles. The van der Waals surface area contributed by atoms with Crippen LogP contribution in [0.2, 0.25) is 10.0 Å². The standard InChI is InChI=1S/C27H29Cl2N5O4/c1-4-37-24-11-16(5-6-19(24)23-10-17-9-20(28)21(29)12-22(17)31-23)26(35)30-18-7-14(2)34(15(3)8-18)13-25-32-27(36)38-33-25/h5-6,9-12,14-15,18,31H,4,7-8,13H2,1-3H3,(H,30,35)(H,32,33,36)/t14-,15+,18?. The van der Waals surface area contributed by atoms with Gasteiger partial charge in [-0.15, -0.1) is 0 Å². The van der Waals surface area contributed by atoms with Crippen molar-refractivity contribution in [3.05, 3.63) is 68.4 Å². The van der Waals surface area contributed by atoms with Crippen molar-refractivity contribution >= 4 is 40.0 Å². The van der Waals surface area contributed by atoms with Gasteiger partial charge in [0, 0.05) is 40.2 Å². The molecular weight excluding hydrogens is 529 g/mol. The Kier molecular flexibility index (Phi) is 7.52. The number of carbonyl (C=O) groups is 1. The number of aromatic amines is 2. The van der Waals surface area contributed by atoms with Crippen LogP contribution in [0.1, 0.15) is 49.8 Å². The number of hydrogen-bond acceptors (Lipinski definition) is 6. The second-order valence-corrected chi connectivity index (χ2v) is 10.5. The summed E-state index contributed by atoms with van der Waals surface area (Å²) >= 11 is 12.4. The maximum Gasteiger partial charge on any atom is 0.438 e. The molecule has 0 aliphatic carbocycles. The Morgan fingerprint density at radius 3 is 2.55 bits per heavy atom. The molecule has 3 N–H and O–H groups in total. The molecule has 0 radical (unpaired) electrons. The van der Waals surface area contributed by atoms with E-state index in [0.29, 0.717) is 40.3 Å². The summed E-state index contributed by atoms with van der Waals surface area (Å²) in [7, 11) is 0. The molecule has 5 rings (SSSR count). The summed E-state index contributed by atoms with van der Waals surface area (Å²) in [6.07, 6.45) is 1.55. The van der Waals surface area contributed by atoms with Gasteiger partial charge in [-0.25, -0.2) is 4.79 Å². The molecule has 1 unspecified atom stereocenters. The Hall–Kier alpha value is -3.27. The number of H-pyrrole nitrogens is 2. The highest BCUT2D eigenvalue weighted by Crippen LogP contribution is 2.35. The first kappa shape index (κ1) is 26.3. The lowest BCUT2D eigenvalue weighted by molar-refractivity contribution is 0.0650. The normalized spacial score (nSPS) is 20.1. The van der Waals surface area contributed by atoms with E-state index in [1.54, 1.807) is 12.1 Å². The van der Waals surface area contributed by atoms with Crippen molar-refractivity contribution in [3.63, 3.8) is 0 Å². The maximum atomic E-state index is 13.2. The lowest BCUT2D eigenvalue weighted by atomic mass is 9.92. The third-order valence-corrected chi connectivity index (χ3v) is 7.75. The first-order valence-corrected chi connectivity index (χ1v) is 13.3. The number of amides is 1. The quantitative estimate of drug-likeness (QED) is 0.280. The van der Waals surface area contributed by atoms with Gasteiger partial charge in [0.15, 0.2) is 5.82 Å². The second kappa shape index (κ2) is 10.8. The molecule has 1 amide bonds. The van der Waals surface area contributed by atoms with Gasteiger partial charge in [0.2, 0.25) is 0 Å². The molecule has 1 aliphatic rings. The molecule has 0 saturated carbocycles. The molecule has 11 heteroatoms. The van der Waals surface area contributed by atoms with Crippen molar-refractivity contribution < 1.29 is 14.1 Å². The van der Waals surface area contributed by atoms with E-state index in [9.17, 15) is 9.59 Å². The van der Waals surface area contributed by atoms with Crippen LogP contribution in [-0.2, 0) is 6.54 Å². The minimum Gasteiger partial charge on any atom is -0.493 e. The highest BCUT2D eigenvalue weighted by molar-refractivity contribution is 6.42. The number of benzene rings is 2. The van der Waals surface area contributed by atoms with Crippen molar-refractivity contribution in [1.29, 1.82) is 0 Å². The summed E-state index contributed by atoms with van der Waals surface area (Å²) in [6, 6.07) is 11.4. The van der Waals surface area contributed by atoms with Crippen LogP contribution in [0, 0.1) is 0 Å². The van der Waals surface area contributed by atoms with Crippen LogP contribution >= 0.6 is 23.2 Å². The van der Waals surface area contributed by atoms with Crippen molar-refractivity contribution in [2.45, 2.75) is 58.3 Å². The number of piperidine rings is 1. The Labute approximate surface area is 229 Å². The number of rotatable bonds is 7. The summed E-state index contributed by atoms with van der Waals surface area (Å²) in [6.45, 7) is 7.07. The van der Waals surface area contributed by atoms with Crippen molar-refractivity contribution in [2.75, 3.05) is 6.61 Å². The zero-order valence-electron chi connectivity index (χ0n) is 21.3. The fourth-order valence-corrected chi connectivity index (χ4v) is 5.59. The molecule has 0 spiro atoms. The van der Waals surface area contributed by atoms with Gasteiger partial charge in [-0.05, 0) is 70.0 Å². The van der Waals surface area contributed by atoms with Gasteiger partial charge in [-0.1, -0.05) is 28.4 Å². The Balaban J connectivity index is 1.31. The van der Waals surface area contributed by atoms with E-state index in [1.165, 1.54) is 0 Å². The third-order valence-electron chi connectivity index (χ3n) is 7.03. The maximum absolute atomic E-state index is 13.2. The number of nitrogens with zero attached hydrogens (tertiary/aromatic N) is 2. The first-order chi connectivity index (χ1) is 18.2. The summed E-state index contributed by atoms with van der Waals surface area (Å²) in [5, 5.41) is 8.88. The number of hydrogen-bond donors (Lipinski definition) is 3. The highest BCUT2D eigenvalue weighted by atomic mass is 35.5. The Morgan fingerprint density at radius 1 is 1.13 bits per heavy atom. The Bertz CT molecular complexity index is 1480. The highest BCUT2D eigenvalue weighted by Gasteiger charge is 2.32. The molecule has 1 aliphatic heterocycles. The third kappa shape index (κ3) is 5.45. The minimum atomic E-state index is -0.557. The zero-order chi connectivity index (χ0) is 27.0. The summed E-state index contributed by atoms with van der Waals surface area (Å²) < 4.78 is 10.5. The van der Waals surface area contributed by atoms with E-state index in [0.717, 1.165) is 35.0 Å². The van der Waals surface area contributed by atoms with E-state index in [2.05, 4.69) is 43.7 Å². The Morgan fingerprint density at radius 2 is 1.87 bits per heavy atom. The van der Waals surface area contributed by atoms with Crippen molar-refractivity contribution in [3.8, 4) is 17.0 Å². The molecule has 200 valence electrons. The van der Waals surface area contributed by atoms with E-state index in [4.69, 9.17) is 27.9 Å². The van der Waals surface area contributed by atoms with Gasteiger partial charge in [-0.2, -0.15) is 0 Å². The number of aromatic nitrogens is 3. The van der Waals surface area contributed by atoms with Crippen molar-refractivity contribution in [2.24, 2.45) is 0 Å². The number of likely N-dealkylation sites (tertiary alicyclic amines) is 1. The van der Waals surface area contributed by atoms with Gasteiger partial charge in [0.25, 0.3) is 5.91 Å². The number of fused-ring (bicyclic) bond motifs is 1. The predicted molar refractivity (Wildman–Crippen MR) is 147 cm³/mol. The first-order valence-electron chi connectivity index (χ1n) is 12.6. The monoisotopic (exact) mass is 557 g/mol. The van der Waals surface area contributed by atoms with Crippen LogP contribution in [0.5, 0.6) is 5.75 Å². The van der Waals surface area contributed by atoms with Crippen LogP contribution < -0.4 is 15.8 Å². The fourth-order valence-electron chi connectivity index (χ4n) is 5.26. The molecule has 1 saturated heterocycles. The van der Waals surface area contributed by atoms with E-state index in [1.807, 2.05) is 31.2 Å². The molecule has 38 heavy (non-hydrogen) atoms. The molecule has 9 nitrogen and oxygen atoms in total. The number of halogens is 2. The van der Waals surface area contributed by atoms with Crippen LogP contribution in [0.25, 0.3) is 22.2 Å². The average Bonchev–Trinajstić information content (AvgIpc) is 3.47. The van der Waals surface area contributed by atoms with Gasteiger partial charge in [-0.3, -0.25) is 19.2 Å². The fraction of sp³-hybridized carbons (Fsp3) is 0.370. The molecule has 3 atom stereocenters. The van der Waals surface area contributed by atoms with Gasteiger partial charge in [0.05, 0.1) is 28.9 Å². The molecule has 2 aromatic carbocycles. The molecule has 3 heterocycles. The molecule has 4 aromatic rings. The number of ether oxygens (including phenoxy) is 1. The van der Waals surface area contributed by atoms with Crippen LogP contribution in [0.4, 0.5) is 0 Å². The summed E-state index contributed by atoms with van der Waals surface area (Å²) in [5.74, 6) is 0.410.